The fraction of sp³-hybridized carbons (Fsp3) is 0.318. The van der Waals surface area contributed by atoms with Gasteiger partial charge in [-0.05, 0) is 37.5 Å². The molecule has 28 heavy (non-hydrogen) atoms. The molecule has 0 unspecified atom stereocenters. The molecule has 6 nitrogen and oxygen atoms in total. The van der Waals surface area contributed by atoms with E-state index in [0.29, 0.717) is 37.1 Å². The van der Waals surface area contributed by atoms with Crippen molar-refractivity contribution in [2.24, 2.45) is 0 Å². The van der Waals surface area contributed by atoms with Gasteiger partial charge in [-0.2, -0.15) is 5.10 Å². The lowest BCUT2D eigenvalue weighted by Crippen LogP contribution is -2.38. The number of carbonyl (C=O) groups is 1. The second kappa shape index (κ2) is 8.25. The number of aromatic nitrogens is 3. The SMILES string of the molecule is CCOc1ncccc1C(=O)N1CCC(c2[nH]ncc2-c2ccccc2)CC1. The number of aromatic amines is 1. The fourth-order valence-corrected chi connectivity index (χ4v) is 3.80. The highest BCUT2D eigenvalue weighted by Crippen LogP contribution is 2.34. The third-order valence-electron chi connectivity index (χ3n) is 5.23. The number of H-pyrrole nitrogens is 1. The first kappa shape index (κ1) is 18.2. The summed E-state index contributed by atoms with van der Waals surface area (Å²) in [7, 11) is 0. The van der Waals surface area contributed by atoms with Crippen molar-refractivity contribution in [2.75, 3.05) is 19.7 Å². The molecule has 1 fully saturated rings. The van der Waals surface area contributed by atoms with E-state index in [9.17, 15) is 4.79 Å². The minimum absolute atomic E-state index is 0.0112. The van der Waals surface area contributed by atoms with Crippen LogP contribution in [0.15, 0.2) is 54.9 Å². The van der Waals surface area contributed by atoms with Gasteiger partial charge in [0.25, 0.3) is 5.91 Å². The van der Waals surface area contributed by atoms with E-state index in [4.69, 9.17) is 4.74 Å². The van der Waals surface area contributed by atoms with Crippen molar-refractivity contribution >= 4 is 5.91 Å². The second-order valence-electron chi connectivity index (χ2n) is 6.92. The summed E-state index contributed by atoms with van der Waals surface area (Å²) in [4.78, 5) is 19.1. The summed E-state index contributed by atoms with van der Waals surface area (Å²) in [5, 5.41) is 7.47. The summed E-state index contributed by atoms with van der Waals surface area (Å²) in [5.74, 6) is 0.766. The number of pyridine rings is 1. The molecule has 0 bridgehead atoms. The molecule has 1 saturated heterocycles. The minimum Gasteiger partial charge on any atom is -0.477 e. The zero-order chi connectivity index (χ0) is 19.3. The van der Waals surface area contributed by atoms with E-state index < -0.39 is 0 Å². The maximum Gasteiger partial charge on any atom is 0.259 e. The van der Waals surface area contributed by atoms with E-state index in [2.05, 4.69) is 27.3 Å². The Morgan fingerprint density at radius 3 is 2.71 bits per heavy atom. The van der Waals surface area contributed by atoms with Gasteiger partial charge in [-0.25, -0.2) is 4.98 Å². The van der Waals surface area contributed by atoms with Crippen LogP contribution in [0.1, 0.15) is 41.7 Å². The van der Waals surface area contributed by atoms with Gasteiger partial charge in [0.2, 0.25) is 5.88 Å². The Balaban J connectivity index is 1.46. The topological polar surface area (TPSA) is 71.1 Å². The van der Waals surface area contributed by atoms with Crippen LogP contribution in [0.5, 0.6) is 5.88 Å². The first-order valence-corrected chi connectivity index (χ1v) is 9.73. The third-order valence-corrected chi connectivity index (χ3v) is 5.23. The van der Waals surface area contributed by atoms with Crippen LogP contribution in [0, 0.1) is 0 Å². The highest BCUT2D eigenvalue weighted by atomic mass is 16.5. The number of hydrogen-bond acceptors (Lipinski definition) is 4. The average Bonchev–Trinajstić information content (AvgIpc) is 3.25. The molecule has 1 aromatic carbocycles. The number of nitrogens with zero attached hydrogens (tertiary/aromatic N) is 3. The normalized spacial score (nSPS) is 14.8. The highest BCUT2D eigenvalue weighted by molar-refractivity contribution is 5.96. The van der Waals surface area contributed by atoms with E-state index in [0.717, 1.165) is 24.1 Å². The maximum atomic E-state index is 13.0. The third kappa shape index (κ3) is 3.63. The zero-order valence-electron chi connectivity index (χ0n) is 16.0. The molecule has 4 rings (SSSR count). The number of nitrogens with one attached hydrogen (secondary N) is 1. The Morgan fingerprint density at radius 2 is 1.96 bits per heavy atom. The number of carbonyl (C=O) groups excluding carboxylic acids is 1. The fourth-order valence-electron chi connectivity index (χ4n) is 3.80. The number of ether oxygens (including phenoxy) is 1. The molecule has 0 atom stereocenters. The average molecular weight is 376 g/mol. The Bertz CT molecular complexity index is 930. The predicted molar refractivity (Wildman–Crippen MR) is 107 cm³/mol. The van der Waals surface area contributed by atoms with Crippen LogP contribution >= 0.6 is 0 Å². The van der Waals surface area contributed by atoms with Gasteiger partial charge < -0.3 is 9.64 Å². The quantitative estimate of drug-likeness (QED) is 0.733. The lowest BCUT2D eigenvalue weighted by Gasteiger charge is -2.32. The summed E-state index contributed by atoms with van der Waals surface area (Å²) in [5.41, 5.74) is 4.02. The van der Waals surface area contributed by atoms with Crippen molar-refractivity contribution in [3.8, 4) is 17.0 Å². The molecule has 0 aliphatic carbocycles. The van der Waals surface area contributed by atoms with Gasteiger partial charge in [0.1, 0.15) is 5.56 Å². The molecule has 0 radical (unpaired) electrons. The Hall–Kier alpha value is -3.15. The van der Waals surface area contributed by atoms with E-state index in [1.54, 1.807) is 18.3 Å². The number of likely N-dealkylation sites (tertiary alicyclic amines) is 1. The van der Waals surface area contributed by atoms with Crippen LogP contribution in [0.2, 0.25) is 0 Å². The molecule has 3 heterocycles. The van der Waals surface area contributed by atoms with Gasteiger partial charge in [-0.1, -0.05) is 30.3 Å². The number of rotatable bonds is 5. The number of benzene rings is 1. The van der Waals surface area contributed by atoms with Crippen molar-refractivity contribution in [3.63, 3.8) is 0 Å². The Morgan fingerprint density at radius 1 is 1.18 bits per heavy atom. The van der Waals surface area contributed by atoms with Crippen LogP contribution in [-0.4, -0.2) is 45.7 Å². The monoisotopic (exact) mass is 376 g/mol. The molecule has 0 spiro atoms. The van der Waals surface area contributed by atoms with Crippen molar-refractivity contribution in [2.45, 2.75) is 25.7 Å². The first-order valence-electron chi connectivity index (χ1n) is 9.73. The van der Waals surface area contributed by atoms with Crippen molar-refractivity contribution in [1.82, 2.24) is 20.1 Å². The Labute approximate surface area is 164 Å². The van der Waals surface area contributed by atoms with Crippen LogP contribution in [0.3, 0.4) is 0 Å². The van der Waals surface area contributed by atoms with Crippen LogP contribution in [-0.2, 0) is 0 Å². The molecule has 1 aliphatic heterocycles. The second-order valence-corrected chi connectivity index (χ2v) is 6.92. The van der Waals surface area contributed by atoms with Gasteiger partial charge in [0, 0.05) is 36.5 Å². The Kier molecular flexibility index (Phi) is 5.37. The van der Waals surface area contributed by atoms with Crippen molar-refractivity contribution in [1.29, 1.82) is 0 Å². The lowest BCUT2D eigenvalue weighted by molar-refractivity contribution is 0.0707. The summed E-state index contributed by atoms with van der Waals surface area (Å²) in [6.07, 6.45) is 5.35. The number of hydrogen-bond donors (Lipinski definition) is 1. The van der Waals surface area contributed by atoms with Crippen molar-refractivity contribution in [3.05, 3.63) is 66.1 Å². The first-order chi connectivity index (χ1) is 13.8. The van der Waals surface area contributed by atoms with Gasteiger partial charge in [0.05, 0.1) is 12.8 Å². The lowest BCUT2D eigenvalue weighted by atomic mass is 9.89. The van der Waals surface area contributed by atoms with Gasteiger partial charge >= 0.3 is 0 Å². The van der Waals surface area contributed by atoms with Crippen molar-refractivity contribution < 1.29 is 9.53 Å². The predicted octanol–water partition coefficient (Wildman–Crippen LogP) is 3.89. The standard InChI is InChI=1S/C22H24N4O2/c1-2-28-21-18(9-6-12-23-21)22(27)26-13-10-17(11-14-26)20-19(15-24-25-20)16-7-4-3-5-8-16/h3-9,12,15,17H,2,10-11,13-14H2,1H3,(H,24,25). The van der Waals surface area contributed by atoms with Crippen LogP contribution < -0.4 is 4.74 Å². The number of piperidine rings is 1. The molecule has 1 aliphatic rings. The van der Waals surface area contributed by atoms with Gasteiger partial charge in [0.15, 0.2) is 0 Å². The molecule has 144 valence electrons. The summed E-state index contributed by atoms with van der Waals surface area (Å²) in [6.45, 7) is 3.79. The minimum atomic E-state index is -0.0112. The maximum absolute atomic E-state index is 13.0. The molecule has 3 aromatic rings. The van der Waals surface area contributed by atoms with E-state index in [-0.39, 0.29) is 5.91 Å². The number of amides is 1. The van der Waals surface area contributed by atoms with Crippen LogP contribution in [0.4, 0.5) is 0 Å². The smallest absolute Gasteiger partial charge is 0.259 e. The molecule has 2 aromatic heterocycles. The van der Waals surface area contributed by atoms with Gasteiger partial charge in [-0.15, -0.1) is 0 Å². The van der Waals surface area contributed by atoms with E-state index in [1.807, 2.05) is 36.2 Å². The van der Waals surface area contributed by atoms with Gasteiger partial charge in [-0.3, -0.25) is 9.89 Å². The summed E-state index contributed by atoms with van der Waals surface area (Å²) < 4.78 is 5.52. The highest BCUT2D eigenvalue weighted by Gasteiger charge is 2.28. The molecule has 1 N–H and O–H groups in total. The molecular weight excluding hydrogens is 352 g/mol. The van der Waals surface area contributed by atoms with E-state index >= 15 is 0 Å². The van der Waals surface area contributed by atoms with E-state index in [1.165, 1.54) is 5.56 Å². The van der Waals surface area contributed by atoms with Crippen LogP contribution in [0.25, 0.3) is 11.1 Å². The zero-order valence-corrected chi connectivity index (χ0v) is 16.0. The largest absolute Gasteiger partial charge is 0.477 e. The molecular formula is C22H24N4O2. The summed E-state index contributed by atoms with van der Waals surface area (Å²) >= 11 is 0. The molecule has 1 amide bonds. The molecule has 0 saturated carbocycles. The summed E-state index contributed by atoms with van der Waals surface area (Å²) in [6, 6.07) is 13.9. The molecule has 6 heteroatoms.